The van der Waals surface area contributed by atoms with E-state index in [-0.39, 0.29) is 17.3 Å². The second-order valence-electron chi connectivity index (χ2n) is 8.32. The molecule has 0 saturated heterocycles. The van der Waals surface area contributed by atoms with Crippen molar-refractivity contribution in [3.63, 3.8) is 0 Å². The smallest absolute Gasteiger partial charge is 0.311 e. The fourth-order valence-corrected chi connectivity index (χ4v) is 3.92. The number of H-pyrrole nitrogens is 1. The summed E-state index contributed by atoms with van der Waals surface area (Å²) in [5.74, 6) is -0.555. The molecule has 9 heteroatoms. The van der Waals surface area contributed by atoms with Crippen molar-refractivity contribution < 1.29 is 24.2 Å². The quantitative estimate of drug-likeness (QED) is 0.226. The van der Waals surface area contributed by atoms with Gasteiger partial charge in [-0.2, -0.15) is 0 Å². The molecule has 0 saturated carbocycles. The van der Waals surface area contributed by atoms with Crippen LogP contribution in [-0.4, -0.2) is 36.1 Å². The van der Waals surface area contributed by atoms with Gasteiger partial charge in [0, 0.05) is 16.5 Å². The van der Waals surface area contributed by atoms with Gasteiger partial charge in [-0.15, -0.1) is 10.2 Å². The molecule has 3 aromatic carbocycles. The third-order valence-corrected chi connectivity index (χ3v) is 5.69. The number of azo groups is 1. The van der Waals surface area contributed by atoms with E-state index in [0.717, 1.165) is 11.1 Å². The van der Waals surface area contributed by atoms with Crippen molar-refractivity contribution in [3.8, 4) is 17.4 Å². The number of amides is 2. The Labute approximate surface area is 213 Å². The molecule has 0 aliphatic heterocycles. The second-order valence-corrected chi connectivity index (χ2v) is 8.32. The zero-order chi connectivity index (χ0) is 26.5. The summed E-state index contributed by atoms with van der Waals surface area (Å²) in [5, 5.41) is 21.5. The number of aromatic hydroxyl groups is 1. The number of methoxy groups -OCH3 is 2. The van der Waals surface area contributed by atoms with Crippen molar-refractivity contribution in [1.82, 2.24) is 10.3 Å². The molecule has 0 unspecified atom stereocenters. The lowest BCUT2D eigenvalue weighted by molar-refractivity contribution is -0.115. The van der Waals surface area contributed by atoms with Crippen molar-refractivity contribution in [2.24, 2.45) is 10.2 Å². The Bertz CT molecular complexity index is 1540. The summed E-state index contributed by atoms with van der Waals surface area (Å²) in [5.41, 5.74) is 3.40. The standard InChI is InChI=1S/C28H26N4O5/c1-16-12-17(2)24-21(13-16)25(28(35)30-24)31-32-27(34)22(29-26(33)18-8-6-5-7-9-18)15-19-14-20(36-3)10-11-23(19)37-4/h5-15,30,35H,1-4H3,(H,29,33)/b22-15-,32-31?. The van der Waals surface area contributed by atoms with Crippen LogP contribution in [0.3, 0.4) is 0 Å². The average molecular weight is 499 g/mol. The first-order chi connectivity index (χ1) is 17.8. The second kappa shape index (κ2) is 10.8. The highest BCUT2D eigenvalue weighted by atomic mass is 16.5. The summed E-state index contributed by atoms with van der Waals surface area (Å²) in [7, 11) is 3.01. The van der Waals surface area contributed by atoms with E-state index in [1.165, 1.54) is 20.3 Å². The maximum atomic E-state index is 13.2. The number of aromatic amines is 1. The SMILES string of the molecule is COc1ccc(OC)c(/C=C(\NC(=O)c2ccccc2)C(=O)N=Nc2c(O)[nH]c3c(C)cc(C)cc23)c1. The van der Waals surface area contributed by atoms with Gasteiger partial charge >= 0.3 is 5.91 Å². The number of rotatable bonds is 7. The molecule has 37 heavy (non-hydrogen) atoms. The van der Waals surface area contributed by atoms with Gasteiger partial charge in [-0.05, 0) is 61.9 Å². The molecule has 0 spiro atoms. The van der Waals surface area contributed by atoms with Crippen LogP contribution in [-0.2, 0) is 4.79 Å². The fraction of sp³-hybridized carbons (Fsp3) is 0.143. The molecular weight excluding hydrogens is 472 g/mol. The minimum Gasteiger partial charge on any atom is -0.497 e. The Hall–Kier alpha value is -4.92. The van der Waals surface area contributed by atoms with Gasteiger partial charge < -0.3 is 24.9 Å². The van der Waals surface area contributed by atoms with E-state index in [4.69, 9.17) is 9.47 Å². The number of ether oxygens (including phenoxy) is 2. The van der Waals surface area contributed by atoms with Gasteiger partial charge in [0.25, 0.3) is 5.91 Å². The zero-order valence-electron chi connectivity index (χ0n) is 20.8. The number of nitrogens with one attached hydrogen (secondary N) is 2. The molecule has 4 aromatic rings. The van der Waals surface area contributed by atoms with Crippen LogP contribution < -0.4 is 14.8 Å². The van der Waals surface area contributed by atoms with E-state index < -0.39 is 11.8 Å². The van der Waals surface area contributed by atoms with Crippen molar-refractivity contribution in [2.75, 3.05) is 14.2 Å². The van der Waals surface area contributed by atoms with Crippen LogP contribution in [0.5, 0.6) is 17.4 Å². The topological polar surface area (TPSA) is 125 Å². The van der Waals surface area contributed by atoms with Crippen LogP contribution in [0, 0.1) is 13.8 Å². The molecule has 4 rings (SSSR count). The largest absolute Gasteiger partial charge is 0.497 e. The van der Waals surface area contributed by atoms with Gasteiger partial charge in [0.15, 0.2) is 5.69 Å². The van der Waals surface area contributed by atoms with E-state index in [1.807, 2.05) is 26.0 Å². The van der Waals surface area contributed by atoms with Crippen LogP contribution in [0.4, 0.5) is 5.69 Å². The monoisotopic (exact) mass is 498 g/mol. The van der Waals surface area contributed by atoms with Gasteiger partial charge in [0.1, 0.15) is 17.2 Å². The summed E-state index contributed by atoms with van der Waals surface area (Å²) in [4.78, 5) is 29.0. The van der Waals surface area contributed by atoms with Gasteiger partial charge in [-0.1, -0.05) is 29.8 Å². The Balaban J connectivity index is 1.75. The molecule has 0 radical (unpaired) electrons. The van der Waals surface area contributed by atoms with E-state index in [9.17, 15) is 14.7 Å². The molecule has 0 bridgehead atoms. The summed E-state index contributed by atoms with van der Waals surface area (Å²) in [6, 6.07) is 17.3. The van der Waals surface area contributed by atoms with Gasteiger partial charge in [0.2, 0.25) is 5.88 Å². The van der Waals surface area contributed by atoms with E-state index in [0.29, 0.717) is 33.5 Å². The zero-order valence-corrected chi connectivity index (χ0v) is 20.8. The highest BCUT2D eigenvalue weighted by Crippen LogP contribution is 2.37. The highest BCUT2D eigenvalue weighted by Gasteiger charge is 2.18. The molecule has 188 valence electrons. The van der Waals surface area contributed by atoms with Gasteiger partial charge in [-0.3, -0.25) is 9.59 Å². The Morgan fingerprint density at radius 1 is 1.00 bits per heavy atom. The van der Waals surface area contributed by atoms with Crippen LogP contribution in [0.15, 0.2) is 76.6 Å². The van der Waals surface area contributed by atoms with Crippen molar-refractivity contribution in [3.05, 3.63) is 88.6 Å². The van der Waals surface area contributed by atoms with Crippen LogP contribution in [0.25, 0.3) is 17.0 Å². The lowest BCUT2D eigenvalue weighted by Crippen LogP contribution is -2.26. The lowest BCUT2D eigenvalue weighted by Gasteiger charge is -2.10. The van der Waals surface area contributed by atoms with E-state index >= 15 is 0 Å². The summed E-state index contributed by atoms with van der Waals surface area (Å²) < 4.78 is 10.7. The summed E-state index contributed by atoms with van der Waals surface area (Å²) in [6.07, 6.45) is 1.44. The van der Waals surface area contributed by atoms with E-state index in [1.54, 1.807) is 48.5 Å². The molecule has 0 atom stereocenters. The van der Waals surface area contributed by atoms with Crippen molar-refractivity contribution in [2.45, 2.75) is 13.8 Å². The average Bonchev–Trinajstić information content (AvgIpc) is 3.22. The van der Waals surface area contributed by atoms with Crippen LogP contribution in [0.2, 0.25) is 0 Å². The minimum atomic E-state index is -0.827. The number of aromatic nitrogens is 1. The van der Waals surface area contributed by atoms with Crippen molar-refractivity contribution in [1.29, 1.82) is 0 Å². The normalized spacial score (nSPS) is 11.6. The van der Waals surface area contributed by atoms with Crippen molar-refractivity contribution >= 4 is 34.5 Å². The molecule has 0 fully saturated rings. The predicted molar refractivity (Wildman–Crippen MR) is 140 cm³/mol. The molecular formula is C28H26N4O5. The number of hydrogen-bond acceptors (Lipinski definition) is 6. The number of aryl methyl sites for hydroxylation is 2. The highest BCUT2D eigenvalue weighted by molar-refractivity contribution is 6.06. The number of carbonyl (C=O) groups excluding carboxylic acids is 2. The van der Waals surface area contributed by atoms with Crippen LogP contribution in [0.1, 0.15) is 27.0 Å². The maximum absolute atomic E-state index is 13.2. The number of fused-ring (bicyclic) bond motifs is 1. The lowest BCUT2D eigenvalue weighted by atomic mass is 10.1. The third-order valence-electron chi connectivity index (χ3n) is 5.69. The Morgan fingerprint density at radius 3 is 2.46 bits per heavy atom. The number of nitrogens with zero attached hydrogens (tertiary/aromatic N) is 2. The van der Waals surface area contributed by atoms with E-state index in [2.05, 4.69) is 20.5 Å². The molecule has 3 N–H and O–H groups in total. The third kappa shape index (κ3) is 5.51. The molecule has 1 aromatic heterocycles. The number of hydrogen-bond donors (Lipinski definition) is 3. The Kier molecular flexibility index (Phi) is 7.34. The molecule has 9 nitrogen and oxygen atoms in total. The maximum Gasteiger partial charge on any atom is 0.311 e. The molecule has 1 heterocycles. The predicted octanol–water partition coefficient (Wildman–Crippen LogP) is 5.59. The van der Waals surface area contributed by atoms with Gasteiger partial charge in [0.05, 0.1) is 19.7 Å². The number of benzene rings is 3. The number of carbonyl (C=O) groups is 2. The fourth-order valence-electron chi connectivity index (χ4n) is 3.92. The molecule has 0 aliphatic carbocycles. The first-order valence-electron chi connectivity index (χ1n) is 11.4. The van der Waals surface area contributed by atoms with Crippen LogP contribution >= 0.6 is 0 Å². The Morgan fingerprint density at radius 2 is 1.76 bits per heavy atom. The summed E-state index contributed by atoms with van der Waals surface area (Å²) >= 11 is 0. The summed E-state index contributed by atoms with van der Waals surface area (Å²) in [6.45, 7) is 3.82. The molecule has 0 aliphatic rings. The van der Waals surface area contributed by atoms with Gasteiger partial charge in [-0.25, -0.2) is 0 Å². The first-order valence-corrected chi connectivity index (χ1v) is 11.4. The minimum absolute atomic E-state index is 0.128. The molecule has 2 amide bonds. The first kappa shape index (κ1) is 25.2.